The van der Waals surface area contributed by atoms with Crippen molar-refractivity contribution in [2.24, 2.45) is 11.3 Å². The number of hydrogen-bond donors (Lipinski definition) is 1. The SMILES string of the molecule is CC1CCCC(CN(C)Cc2ccccn2)(C(=O)O)C1. The second-order valence-electron chi connectivity index (χ2n) is 6.28. The van der Waals surface area contributed by atoms with E-state index in [0.29, 0.717) is 19.0 Å². The van der Waals surface area contributed by atoms with Crippen LogP contribution in [0.4, 0.5) is 0 Å². The van der Waals surface area contributed by atoms with Crippen LogP contribution in [0.5, 0.6) is 0 Å². The number of aliphatic carboxylic acids is 1. The minimum atomic E-state index is -0.642. The minimum absolute atomic E-state index is 0.503. The number of hydrogen-bond acceptors (Lipinski definition) is 3. The predicted molar refractivity (Wildman–Crippen MR) is 78.3 cm³/mol. The molecular weight excluding hydrogens is 252 g/mol. The minimum Gasteiger partial charge on any atom is -0.481 e. The van der Waals surface area contributed by atoms with Crippen LogP contribution in [-0.4, -0.2) is 34.6 Å². The molecule has 4 heteroatoms. The molecule has 110 valence electrons. The summed E-state index contributed by atoms with van der Waals surface area (Å²) in [5.74, 6) is -0.139. The highest BCUT2D eigenvalue weighted by Gasteiger charge is 2.42. The van der Waals surface area contributed by atoms with E-state index in [2.05, 4.69) is 16.8 Å². The van der Waals surface area contributed by atoms with Crippen molar-refractivity contribution in [3.8, 4) is 0 Å². The molecule has 0 saturated heterocycles. The van der Waals surface area contributed by atoms with Gasteiger partial charge in [-0.05, 0) is 37.9 Å². The van der Waals surface area contributed by atoms with Crippen molar-refractivity contribution >= 4 is 5.97 Å². The van der Waals surface area contributed by atoms with Gasteiger partial charge in [0.05, 0.1) is 11.1 Å². The first kappa shape index (κ1) is 15.0. The number of carboxylic acids is 1. The maximum Gasteiger partial charge on any atom is 0.310 e. The lowest BCUT2D eigenvalue weighted by Gasteiger charge is -2.39. The largest absolute Gasteiger partial charge is 0.481 e. The average molecular weight is 276 g/mol. The normalized spacial score (nSPS) is 26.6. The first-order chi connectivity index (χ1) is 9.52. The summed E-state index contributed by atoms with van der Waals surface area (Å²) in [6.45, 7) is 3.46. The molecule has 0 aromatic carbocycles. The van der Waals surface area contributed by atoms with Crippen LogP contribution in [0.3, 0.4) is 0 Å². The summed E-state index contributed by atoms with van der Waals surface area (Å²) in [4.78, 5) is 18.2. The quantitative estimate of drug-likeness (QED) is 0.898. The number of carboxylic acid groups (broad SMARTS) is 1. The van der Waals surface area contributed by atoms with Gasteiger partial charge in [0.2, 0.25) is 0 Å². The Kier molecular flexibility index (Phi) is 4.76. The van der Waals surface area contributed by atoms with Crippen LogP contribution >= 0.6 is 0 Å². The zero-order valence-electron chi connectivity index (χ0n) is 12.4. The van der Waals surface area contributed by atoms with Crippen LogP contribution < -0.4 is 0 Å². The highest BCUT2D eigenvalue weighted by molar-refractivity contribution is 5.75. The third-order valence-electron chi connectivity index (χ3n) is 4.28. The monoisotopic (exact) mass is 276 g/mol. The van der Waals surface area contributed by atoms with Gasteiger partial charge in [-0.2, -0.15) is 0 Å². The second kappa shape index (κ2) is 6.35. The van der Waals surface area contributed by atoms with Crippen molar-refractivity contribution in [3.05, 3.63) is 30.1 Å². The molecule has 0 amide bonds. The molecule has 2 unspecified atom stereocenters. The Morgan fingerprint density at radius 1 is 1.55 bits per heavy atom. The molecule has 1 aliphatic carbocycles. The van der Waals surface area contributed by atoms with Gasteiger partial charge in [0.25, 0.3) is 0 Å². The predicted octanol–water partition coefficient (Wildman–Crippen LogP) is 2.79. The van der Waals surface area contributed by atoms with Crippen LogP contribution in [0.2, 0.25) is 0 Å². The number of carbonyl (C=O) groups is 1. The Bertz CT molecular complexity index is 449. The van der Waals surface area contributed by atoms with Crippen LogP contribution in [0.1, 0.15) is 38.3 Å². The van der Waals surface area contributed by atoms with Crippen LogP contribution in [0.25, 0.3) is 0 Å². The van der Waals surface area contributed by atoms with E-state index in [0.717, 1.165) is 31.4 Å². The van der Waals surface area contributed by atoms with Gasteiger partial charge in [0.1, 0.15) is 0 Å². The van der Waals surface area contributed by atoms with E-state index >= 15 is 0 Å². The van der Waals surface area contributed by atoms with Gasteiger partial charge in [0.15, 0.2) is 0 Å². The molecule has 0 radical (unpaired) electrons. The molecule has 1 aliphatic rings. The van der Waals surface area contributed by atoms with E-state index in [1.54, 1.807) is 6.20 Å². The van der Waals surface area contributed by atoms with Gasteiger partial charge in [-0.25, -0.2) is 0 Å². The van der Waals surface area contributed by atoms with Crippen molar-refractivity contribution in [3.63, 3.8) is 0 Å². The molecule has 1 saturated carbocycles. The molecule has 4 nitrogen and oxygen atoms in total. The zero-order chi connectivity index (χ0) is 14.6. The van der Waals surface area contributed by atoms with Gasteiger partial charge in [-0.15, -0.1) is 0 Å². The molecule has 2 atom stereocenters. The second-order valence-corrected chi connectivity index (χ2v) is 6.28. The molecule has 0 aliphatic heterocycles. The standard InChI is InChI=1S/C16H24N2O2/c1-13-6-5-8-16(10-13,15(19)20)12-18(2)11-14-7-3-4-9-17-14/h3-4,7,9,13H,5-6,8,10-12H2,1-2H3,(H,19,20). The van der Waals surface area contributed by atoms with Gasteiger partial charge in [0, 0.05) is 19.3 Å². The molecule has 0 spiro atoms. The molecule has 1 aromatic heterocycles. The molecule has 20 heavy (non-hydrogen) atoms. The van der Waals surface area contributed by atoms with Gasteiger partial charge >= 0.3 is 5.97 Å². The molecule has 2 rings (SSSR count). The number of pyridine rings is 1. The molecule has 1 fully saturated rings. The van der Waals surface area contributed by atoms with E-state index in [4.69, 9.17) is 0 Å². The lowest BCUT2D eigenvalue weighted by atomic mass is 9.69. The Labute approximate surface area is 120 Å². The maximum atomic E-state index is 11.8. The summed E-state index contributed by atoms with van der Waals surface area (Å²) < 4.78 is 0. The lowest BCUT2D eigenvalue weighted by molar-refractivity contribution is -0.153. The molecule has 1 aromatic rings. The summed E-state index contributed by atoms with van der Waals surface area (Å²) in [7, 11) is 1.98. The highest BCUT2D eigenvalue weighted by Crippen LogP contribution is 2.40. The molecular formula is C16H24N2O2. The van der Waals surface area contributed by atoms with Crippen LogP contribution in [0.15, 0.2) is 24.4 Å². The summed E-state index contributed by atoms with van der Waals surface area (Å²) in [5.41, 5.74) is 0.403. The molecule has 0 bridgehead atoms. The average Bonchev–Trinajstić information content (AvgIpc) is 2.39. The van der Waals surface area contributed by atoms with Gasteiger partial charge < -0.3 is 5.11 Å². The van der Waals surface area contributed by atoms with Gasteiger partial charge in [-0.1, -0.05) is 25.8 Å². The number of nitrogens with zero attached hydrogens (tertiary/aromatic N) is 2. The summed E-state index contributed by atoms with van der Waals surface area (Å²) in [5, 5.41) is 9.68. The first-order valence-electron chi connectivity index (χ1n) is 7.34. The van der Waals surface area contributed by atoms with Crippen molar-refractivity contribution in [2.75, 3.05) is 13.6 Å². The van der Waals surface area contributed by atoms with Crippen LogP contribution in [0, 0.1) is 11.3 Å². The van der Waals surface area contributed by atoms with Gasteiger partial charge in [-0.3, -0.25) is 14.7 Å². The molecule has 1 heterocycles. The zero-order valence-corrected chi connectivity index (χ0v) is 12.4. The Hall–Kier alpha value is -1.42. The fourth-order valence-corrected chi connectivity index (χ4v) is 3.41. The van der Waals surface area contributed by atoms with E-state index in [1.807, 2.05) is 25.2 Å². The smallest absolute Gasteiger partial charge is 0.310 e. The first-order valence-corrected chi connectivity index (χ1v) is 7.34. The highest BCUT2D eigenvalue weighted by atomic mass is 16.4. The Morgan fingerprint density at radius 3 is 2.95 bits per heavy atom. The van der Waals surface area contributed by atoms with Crippen LogP contribution in [-0.2, 0) is 11.3 Å². The van der Waals surface area contributed by atoms with E-state index in [9.17, 15) is 9.90 Å². The fraction of sp³-hybridized carbons (Fsp3) is 0.625. The van der Waals surface area contributed by atoms with Crippen molar-refractivity contribution in [1.29, 1.82) is 0 Å². The number of rotatable bonds is 5. The van der Waals surface area contributed by atoms with E-state index < -0.39 is 11.4 Å². The third kappa shape index (κ3) is 3.57. The third-order valence-corrected chi connectivity index (χ3v) is 4.28. The summed E-state index contributed by atoms with van der Waals surface area (Å²) in [6.07, 6.45) is 5.52. The van der Waals surface area contributed by atoms with E-state index in [1.165, 1.54) is 0 Å². The fourth-order valence-electron chi connectivity index (χ4n) is 3.41. The topological polar surface area (TPSA) is 53.4 Å². The van der Waals surface area contributed by atoms with E-state index in [-0.39, 0.29) is 0 Å². The maximum absolute atomic E-state index is 11.8. The summed E-state index contributed by atoms with van der Waals surface area (Å²) in [6, 6.07) is 5.84. The lowest BCUT2D eigenvalue weighted by Crippen LogP contribution is -2.44. The van der Waals surface area contributed by atoms with Crippen molar-refractivity contribution in [1.82, 2.24) is 9.88 Å². The van der Waals surface area contributed by atoms with Crippen molar-refractivity contribution < 1.29 is 9.90 Å². The number of aromatic nitrogens is 1. The summed E-state index contributed by atoms with van der Waals surface area (Å²) >= 11 is 0. The van der Waals surface area contributed by atoms with Crippen molar-refractivity contribution in [2.45, 2.75) is 39.2 Å². The Balaban J connectivity index is 2.03. The Morgan fingerprint density at radius 2 is 2.35 bits per heavy atom. The molecule has 1 N–H and O–H groups in total.